The highest BCUT2D eigenvalue weighted by atomic mass is 79.9. The molecule has 0 saturated heterocycles. The van der Waals surface area contributed by atoms with Crippen LogP contribution < -0.4 is 0 Å². The molecule has 1 amide bonds. The molecule has 1 unspecified atom stereocenters. The molecule has 0 aliphatic heterocycles. The van der Waals surface area contributed by atoms with Crippen molar-refractivity contribution in [1.82, 2.24) is 4.90 Å². The summed E-state index contributed by atoms with van der Waals surface area (Å²) in [6.45, 7) is 0.506. The van der Waals surface area contributed by atoms with Crippen LogP contribution in [0.5, 0.6) is 0 Å². The second-order valence-electron chi connectivity index (χ2n) is 4.43. The number of nitrogens with zero attached hydrogens (tertiary/aromatic N) is 2. The summed E-state index contributed by atoms with van der Waals surface area (Å²) in [5.74, 6) is -0.927. The van der Waals surface area contributed by atoms with Crippen LogP contribution in [0, 0.1) is 11.3 Å². The minimum Gasteiger partial charge on any atom is -0.340 e. The number of likely N-dealkylation sites (N-methyl/N-ethyl adjacent to an activating group) is 1. The van der Waals surface area contributed by atoms with Gasteiger partial charge in [0.2, 0.25) is 5.91 Å². The number of hydrogen-bond acceptors (Lipinski definition) is 3. The van der Waals surface area contributed by atoms with Gasteiger partial charge in [-0.3, -0.25) is 4.79 Å². The van der Waals surface area contributed by atoms with Gasteiger partial charge in [-0.25, -0.2) is 0 Å². The van der Waals surface area contributed by atoms with Gasteiger partial charge in [0.25, 0.3) is 0 Å². The van der Waals surface area contributed by atoms with Crippen molar-refractivity contribution in [2.24, 2.45) is 0 Å². The van der Waals surface area contributed by atoms with Gasteiger partial charge >= 0.3 is 0 Å². The first kappa shape index (κ1) is 14.8. The Labute approximate surface area is 130 Å². The second-order valence-corrected chi connectivity index (χ2v) is 6.72. The zero-order valence-electron chi connectivity index (χ0n) is 10.9. The Kier molecular flexibility index (Phi) is 4.94. The average molecular weight is 349 g/mol. The number of thiophene rings is 1. The highest BCUT2D eigenvalue weighted by molar-refractivity contribution is 9.11. The van der Waals surface area contributed by atoms with Crippen LogP contribution in [0.15, 0.2) is 45.6 Å². The van der Waals surface area contributed by atoms with Gasteiger partial charge in [-0.2, -0.15) is 5.26 Å². The van der Waals surface area contributed by atoms with E-state index in [-0.39, 0.29) is 5.91 Å². The lowest BCUT2D eigenvalue weighted by Crippen LogP contribution is -2.30. The molecule has 1 heterocycles. The summed E-state index contributed by atoms with van der Waals surface area (Å²) in [5.41, 5.74) is 1.79. The SMILES string of the molecule is CN(Cc1csc(Br)c1)C(=O)C(C#N)c1ccccc1. The van der Waals surface area contributed by atoms with E-state index in [1.165, 1.54) is 0 Å². The normalized spacial score (nSPS) is 11.7. The third kappa shape index (κ3) is 3.47. The molecule has 0 radical (unpaired) electrons. The standard InChI is InChI=1S/C15H13BrN2OS/c1-18(9-11-7-14(16)20-10-11)15(19)13(8-17)12-5-3-2-4-6-12/h2-7,10,13H,9H2,1H3. The molecule has 5 heteroatoms. The highest BCUT2D eigenvalue weighted by Crippen LogP contribution is 2.23. The minimum absolute atomic E-state index is 0.180. The summed E-state index contributed by atoms with van der Waals surface area (Å²) in [4.78, 5) is 14.0. The molecule has 1 atom stereocenters. The third-order valence-corrected chi connectivity index (χ3v) is 4.48. The van der Waals surface area contributed by atoms with E-state index in [2.05, 4.69) is 22.0 Å². The molecule has 102 valence electrons. The van der Waals surface area contributed by atoms with Gasteiger partial charge in [0.05, 0.1) is 9.86 Å². The fraction of sp³-hybridized carbons (Fsp3) is 0.200. The van der Waals surface area contributed by atoms with Crippen LogP contribution in [0.1, 0.15) is 17.0 Å². The summed E-state index contributed by atoms with van der Waals surface area (Å²) in [6, 6.07) is 13.2. The number of benzene rings is 1. The highest BCUT2D eigenvalue weighted by Gasteiger charge is 2.23. The zero-order chi connectivity index (χ0) is 14.5. The number of carbonyl (C=O) groups is 1. The fourth-order valence-corrected chi connectivity index (χ4v) is 3.12. The smallest absolute Gasteiger partial charge is 0.244 e. The van der Waals surface area contributed by atoms with Crippen LogP contribution in [0.2, 0.25) is 0 Å². The summed E-state index contributed by atoms with van der Waals surface area (Å²) >= 11 is 4.98. The summed E-state index contributed by atoms with van der Waals surface area (Å²) in [5, 5.41) is 11.3. The van der Waals surface area contributed by atoms with Crippen LogP contribution in [0.3, 0.4) is 0 Å². The van der Waals surface area contributed by atoms with Gasteiger partial charge in [-0.1, -0.05) is 30.3 Å². The van der Waals surface area contributed by atoms with Gasteiger partial charge in [0.1, 0.15) is 5.92 Å². The lowest BCUT2D eigenvalue weighted by molar-refractivity contribution is -0.130. The number of carbonyl (C=O) groups excluding carboxylic acids is 1. The molecule has 0 spiro atoms. The summed E-state index contributed by atoms with van der Waals surface area (Å²) in [7, 11) is 1.72. The molecule has 1 aromatic carbocycles. The Morgan fingerprint density at radius 1 is 1.45 bits per heavy atom. The van der Waals surface area contributed by atoms with Crippen LogP contribution in [-0.2, 0) is 11.3 Å². The Bertz CT molecular complexity index is 633. The molecule has 3 nitrogen and oxygen atoms in total. The van der Waals surface area contributed by atoms with E-state index in [9.17, 15) is 10.1 Å². The maximum absolute atomic E-state index is 12.4. The summed E-state index contributed by atoms with van der Waals surface area (Å²) in [6.07, 6.45) is 0. The van der Waals surface area contributed by atoms with Crippen molar-refractivity contribution < 1.29 is 4.79 Å². The van der Waals surface area contributed by atoms with E-state index >= 15 is 0 Å². The molecular formula is C15H13BrN2OS. The Balaban J connectivity index is 2.11. The molecule has 0 N–H and O–H groups in total. The number of hydrogen-bond donors (Lipinski definition) is 0. The predicted octanol–water partition coefficient (Wildman–Crippen LogP) is 3.78. The van der Waals surface area contributed by atoms with Gasteiger partial charge in [0, 0.05) is 13.6 Å². The van der Waals surface area contributed by atoms with Crippen molar-refractivity contribution in [3.8, 4) is 6.07 Å². The van der Waals surface area contributed by atoms with Crippen molar-refractivity contribution in [2.75, 3.05) is 7.05 Å². The van der Waals surface area contributed by atoms with Gasteiger partial charge < -0.3 is 4.90 Å². The molecule has 0 fully saturated rings. The fourth-order valence-electron chi connectivity index (χ4n) is 1.92. The third-order valence-electron chi connectivity index (χ3n) is 2.93. The van der Waals surface area contributed by atoms with Crippen molar-refractivity contribution in [3.63, 3.8) is 0 Å². The lowest BCUT2D eigenvalue weighted by Gasteiger charge is -2.19. The second kappa shape index (κ2) is 6.69. The quantitative estimate of drug-likeness (QED) is 0.843. The maximum Gasteiger partial charge on any atom is 0.244 e. The predicted molar refractivity (Wildman–Crippen MR) is 83.3 cm³/mol. The number of rotatable bonds is 4. The van der Waals surface area contributed by atoms with Crippen molar-refractivity contribution >= 4 is 33.2 Å². The molecule has 0 saturated carbocycles. The average Bonchev–Trinajstić information content (AvgIpc) is 2.86. The Morgan fingerprint density at radius 3 is 2.70 bits per heavy atom. The van der Waals surface area contributed by atoms with Crippen molar-refractivity contribution in [2.45, 2.75) is 12.5 Å². The molecule has 0 bridgehead atoms. The van der Waals surface area contributed by atoms with E-state index in [0.29, 0.717) is 6.54 Å². The van der Waals surface area contributed by atoms with Crippen molar-refractivity contribution in [1.29, 1.82) is 5.26 Å². The molecule has 0 aliphatic carbocycles. The van der Waals surface area contributed by atoms with Crippen molar-refractivity contribution in [3.05, 3.63) is 56.7 Å². The van der Waals surface area contributed by atoms with Crippen LogP contribution in [0.25, 0.3) is 0 Å². The van der Waals surface area contributed by atoms with Gasteiger partial charge in [-0.05, 0) is 38.5 Å². The van der Waals surface area contributed by atoms with Crippen LogP contribution in [0.4, 0.5) is 0 Å². The molecule has 0 aliphatic rings. The van der Waals surface area contributed by atoms with Crippen LogP contribution in [-0.4, -0.2) is 17.9 Å². The maximum atomic E-state index is 12.4. The molecular weight excluding hydrogens is 336 g/mol. The topological polar surface area (TPSA) is 44.1 Å². The monoisotopic (exact) mass is 348 g/mol. The largest absolute Gasteiger partial charge is 0.340 e. The first-order chi connectivity index (χ1) is 9.61. The molecule has 1 aromatic heterocycles. The lowest BCUT2D eigenvalue weighted by atomic mass is 9.99. The van der Waals surface area contributed by atoms with Gasteiger partial charge in [-0.15, -0.1) is 11.3 Å². The summed E-state index contributed by atoms with van der Waals surface area (Å²) < 4.78 is 1.04. The number of amides is 1. The Morgan fingerprint density at radius 2 is 2.15 bits per heavy atom. The molecule has 20 heavy (non-hydrogen) atoms. The number of halogens is 1. The molecule has 2 rings (SSSR count). The van der Waals surface area contributed by atoms with E-state index in [0.717, 1.165) is 14.9 Å². The molecule has 2 aromatic rings. The van der Waals surface area contributed by atoms with Gasteiger partial charge in [0.15, 0.2) is 0 Å². The van der Waals surface area contributed by atoms with E-state index in [1.807, 2.05) is 29.6 Å². The minimum atomic E-state index is -0.747. The number of nitriles is 1. The van der Waals surface area contributed by atoms with E-state index in [4.69, 9.17) is 0 Å². The van der Waals surface area contributed by atoms with E-state index < -0.39 is 5.92 Å². The zero-order valence-corrected chi connectivity index (χ0v) is 13.3. The first-order valence-electron chi connectivity index (χ1n) is 6.04. The Hall–Kier alpha value is -1.64. The first-order valence-corrected chi connectivity index (χ1v) is 7.71. The van der Waals surface area contributed by atoms with E-state index in [1.54, 1.807) is 35.4 Å². The van der Waals surface area contributed by atoms with Crippen LogP contribution >= 0.6 is 27.3 Å².